The number of aryl methyl sites for hydroxylation is 1. The van der Waals surface area contributed by atoms with Crippen LogP contribution in [0.15, 0.2) is 10.6 Å². The van der Waals surface area contributed by atoms with Gasteiger partial charge in [0.15, 0.2) is 5.76 Å². The zero-order chi connectivity index (χ0) is 14.5. The number of hydrogen-bond acceptors (Lipinski definition) is 5. The summed E-state index contributed by atoms with van der Waals surface area (Å²) in [4.78, 5) is 21.9. The van der Waals surface area contributed by atoms with Gasteiger partial charge < -0.3 is 25.4 Å². The van der Waals surface area contributed by atoms with E-state index in [0.717, 1.165) is 0 Å². The maximum absolute atomic E-state index is 11.4. The lowest BCUT2D eigenvalue weighted by molar-refractivity contribution is -0.141. The highest BCUT2D eigenvalue weighted by molar-refractivity contribution is 5.74. The van der Waals surface area contributed by atoms with Crippen molar-refractivity contribution in [2.75, 3.05) is 6.54 Å². The van der Waals surface area contributed by atoms with Gasteiger partial charge in [0.25, 0.3) is 0 Å². The molecule has 8 heteroatoms. The number of aliphatic carboxylic acids is 1. The number of carbonyl (C=O) groups is 2. The standard InChI is InChI=1S/C11H17N3O5/c1-7-3-8(19-14-7)5-12-10(17)13-6-11(2,18)4-9(15)16/h3,18H,4-6H2,1-2H3,(H,15,16)(H2,12,13,17). The average Bonchev–Trinajstić information content (AvgIpc) is 2.68. The number of amides is 2. The van der Waals surface area contributed by atoms with Gasteiger partial charge in [-0.1, -0.05) is 5.16 Å². The molecule has 0 saturated heterocycles. The molecular weight excluding hydrogens is 254 g/mol. The van der Waals surface area contributed by atoms with Crippen LogP contribution in [0.25, 0.3) is 0 Å². The molecule has 106 valence electrons. The van der Waals surface area contributed by atoms with Gasteiger partial charge in [-0.3, -0.25) is 4.79 Å². The second-order valence-corrected chi connectivity index (χ2v) is 4.54. The van der Waals surface area contributed by atoms with Crippen molar-refractivity contribution >= 4 is 12.0 Å². The molecular formula is C11H17N3O5. The second-order valence-electron chi connectivity index (χ2n) is 4.54. The Balaban J connectivity index is 2.30. The number of rotatable bonds is 6. The molecule has 0 aliphatic carbocycles. The summed E-state index contributed by atoms with van der Waals surface area (Å²) in [6, 6.07) is 1.15. The summed E-state index contributed by atoms with van der Waals surface area (Å²) >= 11 is 0. The van der Waals surface area contributed by atoms with Gasteiger partial charge in [0.05, 0.1) is 24.3 Å². The Labute approximate surface area is 109 Å². The van der Waals surface area contributed by atoms with Gasteiger partial charge >= 0.3 is 12.0 Å². The summed E-state index contributed by atoms with van der Waals surface area (Å²) in [5.74, 6) is -0.630. The summed E-state index contributed by atoms with van der Waals surface area (Å²) in [6.07, 6.45) is -0.450. The molecule has 0 aliphatic heterocycles. The van der Waals surface area contributed by atoms with Crippen LogP contribution < -0.4 is 10.6 Å². The molecule has 0 fully saturated rings. The highest BCUT2D eigenvalue weighted by Crippen LogP contribution is 2.07. The van der Waals surface area contributed by atoms with Gasteiger partial charge in [-0.05, 0) is 13.8 Å². The first-order valence-corrected chi connectivity index (χ1v) is 5.66. The van der Waals surface area contributed by atoms with E-state index in [1.807, 2.05) is 0 Å². The van der Waals surface area contributed by atoms with Crippen LogP contribution in [0.5, 0.6) is 0 Å². The molecule has 1 unspecified atom stereocenters. The molecule has 0 spiro atoms. The van der Waals surface area contributed by atoms with Crippen molar-refractivity contribution in [2.24, 2.45) is 0 Å². The maximum atomic E-state index is 11.4. The largest absolute Gasteiger partial charge is 0.481 e. The lowest BCUT2D eigenvalue weighted by atomic mass is 10.0. The SMILES string of the molecule is Cc1cc(CNC(=O)NCC(C)(O)CC(=O)O)on1. The summed E-state index contributed by atoms with van der Waals surface area (Å²) in [5.41, 5.74) is -0.784. The summed E-state index contributed by atoms with van der Waals surface area (Å²) in [5, 5.41) is 26.8. The first-order valence-electron chi connectivity index (χ1n) is 5.66. The molecule has 2 amide bonds. The maximum Gasteiger partial charge on any atom is 0.315 e. The minimum absolute atomic E-state index is 0.160. The van der Waals surface area contributed by atoms with Crippen LogP contribution in [-0.4, -0.2) is 39.5 Å². The second kappa shape index (κ2) is 6.19. The monoisotopic (exact) mass is 271 g/mol. The molecule has 0 saturated carbocycles. The fourth-order valence-corrected chi connectivity index (χ4v) is 1.39. The van der Waals surface area contributed by atoms with Crippen molar-refractivity contribution in [3.63, 3.8) is 0 Å². The highest BCUT2D eigenvalue weighted by atomic mass is 16.5. The van der Waals surface area contributed by atoms with Crippen molar-refractivity contribution in [2.45, 2.75) is 32.4 Å². The minimum Gasteiger partial charge on any atom is -0.481 e. The molecule has 0 radical (unpaired) electrons. The van der Waals surface area contributed by atoms with Crippen LogP contribution in [0.3, 0.4) is 0 Å². The zero-order valence-corrected chi connectivity index (χ0v) is 10.8. The van der Waals surface area contributed by atoms with Crippen LogP contribution in [0.2, 0.25) is 0 Å². The van der Waals surface area contributed by atoms with Crippen molar-refractivity contribution in [1.82, 2.24) is 15.8 Å². The summed E-state index contributed by atoms with van der Waals surface area (Å²) in [6.45, 7) is 3.09. The van der Waals surface area contributed by atoms with E-state index in [0.29, 0.717) is 11.5 Å². The Kier molecular flexibility index (Phi) is 4.87. The molecule has 0 bridgehead atoms. The molecule has 0 aromatic carbocycles. The number of nitrogens with zero attached hydrogens (tertiary/aromatic N) is 1. The molecule has 8 nitrogen and oxygen atoms in total. The van der Waals surface area contributed by atoms with E-state index in [1.54, 1.807) is 13.0 Å². The van der Waals surface area contributed by atoms with E-state index >= 15 is 0 Å². The number of carboxylic acids is 1. The molecule has 1 aromatic rings. The average molecular weight is 271 g/mol. The number of urea groups is 1. The number of hydrogen-bond donors (Lipinski definition) is 4. The normalized spacial score (nSPS) is 13.6. The van der Waals surface area contributed by atoms with Gasteiger partial charge in [-0.2, -0.15) is 0 Å². The Morgan fingerprint density at radius 3 is 2.68 bits per heavy atom. The molecule has 4 N–H and O–H groups in total. The fraction of sp³-hybridized carbons (Fsp3) is 0.545. The van der Waals surface area contributed by atoms with Crippen molar-refractivity contribution in [3.05, 3.63) is 17.5 Å². The third kappa shape index (κ3) is 5.87. The molecule has 1 atom stereocenters. The van der Waals surface area contributed by atoms with E-state index < -0.39 is 24.0 Å². The fourth-order valence-electron chi connectivity index (χ4n) is 1.39. The first kappa shape index (κ1) is 15.0. The summed E-state index contributed by atoms with van der Waals surface area (Å²) in [7, 11) is 0. The molecule has 1 heterocycles. The quantitative estimate of drug-likeness (QED) is 0.577. The van der Waals surface area contributed by atoms with Gasteiger partial charge in [-0.25, -0.2) is 4.79 Å². The van der Waals surface area contributed by atoms with E-state index in [9.17, 15) is 14.7 Å². The summed E-state index contributed by atoms with van der Waals surface area (Å²) < 4.78 is 4.89. The number of aromatic nitrogens is 1. The number of carboxylic acid groups (broad SMARTS) is 1. The van der Waals surface area contributed by atoms with Gasteiger partial charge in [-0.15, -0.1) is 0 Å². The Hall–Kier alpha value is -2.09. The van der Waals surface area contributed by atoms with Gasteiger partial charge in [0, 0.05) is 12.6 Å². The molecule has 0 aliphatic rings. The van der Waals surface area contributed by atoms with Gasteiger partial charge in [0.1, 0.15) is 0 Å². The molecule has 1 aromatic heterocycles. The van der Waals surface area contributed by atoms with Crippen molar-refractivity contribution in [1.29, 1.82) is 0 Å². The zero-order valence-electron chi connectivity index (χ0n) is 10.8. The van der Waals surface area contributed by atoms with Crippen molar-refractivity contribution in [3.8, 4) is 0 Å². The Morgan fingerprint density at radius 1 is 1.47 bits per heavy atom. The lowest BCUT2D eigenvalue weighted by Crippen LogP contribution is -2.45. The van der Waals surface area contributed by atoms with Gasteiger partial charge in [0.2, 0.25) is 0 Å². The minimum atomic E-state index is -1.49. The topological polar surface area (TPSA) is 125 Å². The van der Waals surface area contributed by atoms with Crippen LogP contribution in [0.1, 0.15) is 24.8 Å². The number of nitrogens with one attached hydrogen (secondary N) is 2. The highest BCUT2D eigenvalue weighted by Gasteiger charge is 2.24. The third-order valence-electron chi connectivity index (χ3n) is 2.26. The number of aliphatic hydroxyl groups is 1. The molecule has 1 rings (SSSR count). The van der Waals surface area contributed by atoms with E-state index in [4.69, 9.17) is 9.63 Å². The van der Waals surface area contributed by atoms with E-state index in [-0.39, 0.29) is 13.1 Å². The third-order valence-corrected chi connectivity index (χ3v) is 2.26. The van der Waals surface area contributed by atoms with Crippen molar-refractivity contribution < 1.29 is 24.3 Å². The smallest absolute Gasteiger partial charge is 0.315 e. The first-order chi connectivity index (χ1) is 8.78. The Morgan fingerprint density at radius 2 is 2.16 bits per heavy atom. The lowest BCUT2D eigenvalue weighted by Gasteiger charge is -2.21. The Bertz CT molecular complexity index is 455. The van der Waals surface area contributed by atoms with Crippen LogP contribution in [0, 0.1) is 6.92 Å². The van der Waals surface area contributed by atoms with E-state index in [2.05, 4.69) is 15.8 Å². The molecule has 19 heavy (non-hydrogen) atoms. The van der Waals surface area contributed by atoms with E-state index in [1.165, 1.54) is 6.92 Å². The van der Waals surface area contributed by atoms with Crippen LogP contribution >= 0.6 is 0 Å². The van der Waals surface area contributed by atoms with Crippen LogP contribution in [-0.2, 0) is 11.3 Å². The predicted octanol–water partition coefficient (Wildman–Crippen LogP) is 0.00792. The number of carbonyl (C=O) groups excluding carboxylic acids is 1. The van der Waals surface area contributed by atoms with Crippen LogP contribution in [0.4, 0.5) is 4.79 Å². The predicted molar refractivity (Wildman–Crippen MR) is 64.4 cm³/mol.